The van der Waals surface area contributed by atoms with Crippen molar-refractivity contribution in [2.75, 3.05) is 6.26 Å². The normalized spacial score (nSPS) is 10.0. The molecule has 1 heterocycles. The molecule has 0 fully saturated rings. The summed E-state index contributed by atoms with van der Waals surface area (Å²) in [4.78, 5) is 0.987. The highest BCUT2D eigenvalue weighted by atomic mass is 32.2. The van der Waals surface area contributed by atoms with Gasteiger partial charge in [-0.1, -0.05) is 0 Å². The minimum atomic E-state index is -0.210. The summed E-state index contributed by atoms with van der Waals surface area (Å²) in [5.41, 5.74) is 0.386. The molecule has 4 heteroatoms. The van der Waals surface area contributed by atoms with Crippen LogP contribution in [0.5, 0.6) is 0 Å². The van der Waals surface area contributed by atoms with E-state index in [9.17, 15) is 5.21 Å². The van der Waals surface area contributed by atoms with Crippen LogP contribution >= 0.6 is 11.8 Å². The molecule has 0 atom stereocenters. The van der Waals surface area contributed by atoms with Crippen molar-refractivity contribution in [3.8, 4) is 0 Å². The summed E-state index contributed by atoms with van der Waals surface area (Å²) in [6.07, 6.45) is 3.32. The maximum atomic E-state index is 10.9. The number of aliphatic hydroxyl groups excluding tert-OH is 1. The maximum Gasteiger partial charge on any atom is 0.219 e. The molecule has 1 rings (SSSR count). The first-order chi connectivity index (χ1) is 5.27. The van der Waals surface area contributed by atoms with Gasteiger partial charge in [-0.3, -0.25) is 0 Å². The summed E-state index contributed by atoms with van der Waals surface area (Å²) in [7, 11) is 0. The molecular formula is C7H9NO2S. The van der Waals surface area contributed by atoms with Crippen molar-refractivity contribution >= 4 is 11.8 Å². The minimum absolute atomic E-state index is 0.210. The maximum absolute atomic E-state index is 10.9. The van der Waals surface area contributed by atoms with Crippen molar-refractivity contribution in [2.24, 2.45) is 0 Å². The Labute approximate surface area is 69.3 Å². The Morgan fingerprint density at radius 2 is 2.45 bits per heavy atom. The van der Waals surface area contributed by atoms with E-state index in [0.29, 0.717) is 10.4 Å². The molecule has 0 amide bonds. The number of aromatic nitrogens is 1. The van der Waals surface area contributed by atoms with Gasteiger partial charge in [0.15, 0.2) is 6.20 Å². The van der Waals surface area contributed by atoms with E-state index in [1.807, 2.05) is 6.26 Å². The van der Waals surface area contributed by atoms with Gasteiger partial charge >= 0.3 is 0 Å². The van der Waals surface area contributed by atoms with Gasteiger partial charge in [-0.2, -0.15) is 4.73 Å². The summed E-state index contributed by atoms with van der Waals surface area (Å²) in [5.74, 6) is 0. The average molecular weight is 171 g/mol. The zero-order chi connectivity index (χ0) is 8.27. The number of pyridine rings is 1. The molecule has 0 saturated carbocycles. The summed E-state index contributed by atoms with van der Waals surface area (Å²) in [6, 6.07) is 3.40. The number of rotatable bonds is 2. The second-order valence-corrected chi connectivity index (χ2v) is 2.92. The van der Waals surface area contributed by atoms with Crippen LogP contribution in [0, 0.1) is 5.21 Å². The summed E-state index contributed by atoms with van der Waals surface area (Å²) in [6.45, 7) is -0.210. The van der Waals surface area contributed by atoms with Crippen molar-refractivity contribution < 1.29 is 9.84 Å². The molecule has 1 aromatic heterocycles. The molecule has 0 spiro atoms. The molecule has 0 aliphatic carbocycles. The summed E-state index contributed by atoms with van der Waals surface area (Å²) < 4.78 is 0.666. The topological polar surface area (TPSA) is 47.2 Å². The predicted octanol–water partition coefficient (Wildman–Crippen LogP) is 0.534. The first-order valence-electron chi connectivity index (χ1n) is 3.15. The van der Waals surface area contributed by atoms with E-state index in [1.54, 1.807) is 23.9 Å². The number of nitrogens with zero attached hydrogens (tertiary/aromatic N) is 1. The van der Waals surface area contributed by atoms with Crippen LogP contribution in [0.25, 0.3) is 0 Å². The molecule has 60 valence electrons. The molecule has 0 aliphatic heterocycles. The van der Waals surface area contributed by atoms with E-state index < -0.39 is 0 Å². The van der Waals surface area contributed by atoms with Gasteiger partial charge in [0.05, 0.1) is 0 Å². The first-order valence-corrected chi connectivity index (χ1v) is 4.37. The molecule has 1 N–H and O–H groups in total. The standard InChI is InChI=1S/C7H9NO2S/c1-11-7-2-3-8(10)6(4-7)5-9/h2-4,9H,5H2,1H3. The van der Waals surface area contributed by atoms with Crippen molar-refractivity contribution in [1.29, 1.82) is 0 Å². The second-order valence-electron chi connectivity index (χ2n) is 2.04. The van der Waals surface area contributed by atoms with E-state index >= 15 is 0 Å². The van der Waals surface area contributed by atoms with Crippen LogP contribution in [-0.2, 0) is 6.61 Å². The van der Waals surface area contributed by atoms with Crippen LogP contribution in [-0.4, -0.2) is 11.4 Å². The van der Waals surface area contributed by atoms with Gasteiger partial charge in [0.25, 0.3) is 0 Å². The molecule has 3 nitrogen and oxygen atoms in total. The van der Waals surface area contributed by atoms with Crippen LogP contribution in [0.4, 0.5) is 0 Å². The van der Waals surface area contributed by atoms with Gasteiger partial charge in [0.2, 0.25) is 5.69 Å². The third-order valence-corrected chi connectivity index (χ3v) is 2.09. The molecule has 0 saturated heterocycles. The first kappa shape index (κ1) is 8.36. The average Bonchev–Trinajstić information content (AvgIpc) is 2.05. The van der Waals surface area contributed by atoms with E-state index in [1.165, 1.54) is 6.20 Å². The predicted molar refractivity (Wildman–Crippen MR) is 43.1 cm³/mol. The van der Waals surface area contributed by atoms with Crippen molar-refractivity contribution in [3.05, 3.63) is 29.2 Å². The number of thioether (sulfide) groups is 1. The van der Waals surface area contributed by atoms with Gasteiger partial charge < -0.3 is 10.3 Å². The third kappa shape index (κ3) is 1.85. The Morgan fingerprint density at radius 3 is 3.00 bits per heavy atom. The van der Waals surface area contributed by atoms with E-state index in [0.717, 1.165) is 4.90 Å². The monoisotopic (exact) mass is 171 g/mol. The molecule has 0 aliphatic rings. The van der Waals surface area contributed by atoms with E-state index in [2.05, 4.69) is 0 Å². The Kier molecular flexibility index (Phi) is 2.73. The largest absolute Gasteiger partial charge is 0.618 e. The van der Waals surface area contributed by atoms with Gasteiger partial charge in [0.1, 0.15) is 6.61 Å². The lowest BCUT2D eigenvalue weighted by atomic mass is 10.4. The minimum Gasteiger partial charge on any atom is -0.618 e. The Bertz CT molecular complexity index is 252. The lowest BCUT2D eigenvalue weighted by molar-refractivity contribution is -0.616. The lowest BCUT2D eigenvalue weighted by Gasteiger charge is -2.02. The van der Waals surface area contributed by atoms with Crippen molar-refractivity contribution in [2.45, 2.75) is 11.5 Å². The second kappa shape index (κ2) is 3.59. The SMILES string of the molecule is CSc1cc[n+]([O-])c(CO)c1. The zero-order valence-electron chi connectivity index (χ0n) is 6.15. The van der Waals surface area contributed by atoms with Gasteiger partial charge in [0, 0.05) is 17.0 Å². The van der Waals surface area contributed by atoms with Crippen molar-refractivity contribution in [3.63, 3.8) is 0 Å². The van der Waals surface area contributed by atoms with Crippen LogP contribution in [0.2, 0.25) is 0 Å². The Balaban J connectivity index is 3.02. The molecule has 0 radical (unpaired) electrons. The Morgan fingerprint density at radius 1 is 1.73 bits per heavy atom. The van der Waals surface area contributed by atoms with Crippen LogP contribution < -0.4 is 4.73 Å². The van der Waals surface area contributed by atoms with E-state index in [-0.39, 0.29) is 6.61 Å². The lowest BCUT2D eigenvalue weighted by Crippen LogP contribution is -2.30. The smallest absolute Gasteiger partial charge is 0.219 e. The summed E-state index contributed by atoms with van der Waals surface area (Å²) in [5, 5.41) is 19.6. The summed E-state index contributed by atoms with van der Waals surface area (Å²) >= 11 is 1.54. The molecule has 0 unspecified atom stereocenters. The quantitative estimate of drug-likeness (QED) is 0.401. The van der Waals surface area contributed by atoms with Gasteiger partial charge in [-0.05, 0) is 6.26 Å². The fourth-order valence-corrected chi connectivity index (χ4v) is 1.21. The highest BCUT2D eigenvalue weighted by Crippen LogP contribution is 2.12. The number of hydrogen-bond donors (Lipinski definition) is 1. The number of aliphatic hydroxyl groups is 1. The molecule has 0 bridgehead atoms. The van der Waals surface area contributed by atoms with Crippen LogP contribution in [0.15, 0.2) is 23.2 Å². The molecule has 11 heavy (non-hydrogen) atoms. The molecular weight excluding hydrogens is 162 g/mol. The Hall–Kier alpha value is -0.740. The van der Waals surface area contributed by atoms with Crippen LogP contribution in [0.3, 0.4) is 0 Å². The molecule has 0 aromatic carbocycles. The van der Waals surface area contributed by atoms with Crippen molar-refractivity contribution in [1.82, 2.24) is 0 Å². The fraction of sp³-hybridized carbons (Fsp3) is 0.286. The van der Waals surface area contributed by atoms with Gasteiger partial charge in [-0.25, -0.2) is 0 Å². The van der Waals surface area contributed by atoms with E-state index in [4.69, 9.17) is 5.11 Å². The number of hydrogen-bond acceptors (Lipinski definition) is 3. The zero-order valence-corrected chi connectivity index (χ0v) is 6.97. The third-order valence-electron chi connectivity index (χ3n) is 1.36. The fourth-order valence-electron chi connectivity index (χ4n) is 0.755. The molecule has 1 aromatic rings. The van der Waals surface area contributed by atoms with Crippen LogP contribution in [0.1, 0.15) is 5.69 Å². The highest BCUT2D eigenvalue weighted by Gasteiger charge is 2.03. The van der Waals surface area contributed by atoms with Gasteiger partial charge in [-0.15, -0.1) is 11.8 Å². The highest BCUT2D eigenvalue weighted by molar-refractivity contribution is 7.98.